The third kappa shape index (κ3) is 2.36. The molecule has 4 heteroatoms. The van der Waals surface area contributed by atoms with Crippen LogP contribution in [-0.2, 0) is 6.42 Å². The van der Waals surface area contributed by atoms with Crippen LogP contribution in [0.3, 0.4) is 0 Å². The van der Waals surface area contributed by atoms with Crippen LogP contribution in [0.25, 0.3) is 0 Å². The molecule has 106 valence electrons. The topological polar surface area (TPSA) is 64.9 Å². The van der Waals surface area contributed by atoms with E-state index in [2.05, 4.69) is 48.3 Å². The summed E-state index contributed by atoms with van der Waals surface area (Å²) in [6, 6.07) is 8.44. The summed E-state index contributed by atoms with van der Waals surface area (Å²) in [5, 5.41) is 4.17. The monoisotopic (exact) mass is 271 g/mol. The van der Waals surface area contributed by atoms with Gasteiger partial charge in [-0.15, -0.1) is 0 Å². The molecule has 0 amide bonds. The molecular weight excluding hydrogens is 250 g/mol. The number of hydrogen-bond acceptors (Lipinski definition) is 4. The van der Waals surface area contributed by atoms with Crippen molar-refractivity contribution in [3.05, 3.63) is 47.1 Å². The molecule has 0 aliphatic heterocycles. The maximum Gasteiger partial charge on any atom is 0.231 e. The Labute approximate surface area is 119 Å². The number of fused-ring (bicyclic) bond motifs is 1. The first kappa shape index (κ1) is 13.3. The van der Waals surface area contributed by atoms with Gasteiger partial charge in [0.05, 0.1) is 11.8 Å². The number of benzene rings is 1. The zero-order valence-electron chi connectivity index (χ0n) is 12.0. The van der Waals surface area contributed by atoms with E-state index in [1.54, 1.807) is 0 Å². The molecule has 1 aliphatic carbocycles. The maximum absolute atomic E-state index is 5.83. The first-order valence-corrected chi connectivity index (χ1v) is 7.30. The zero-order valence-corrected chi connectivity index (χ0v) is 12.0. The molecule has 0 fully saturated rings. The van der Waals surface area contributed by atoms with Crippen molar-refractivity contribution in [3.8, 4) is 0 Å². The van der Waals surface area contributed by atoms with Gasteiger partial charge in [0.25, 0.3) is 0 Å². The lowest BCUT2D eigenvalue weighted by Gasteiger charge is -2.27. The molecule has 3 rings (SSSR count). The van der Waals surface area contributed by atoms with Gasteiger partial charge >= 0.3 is 0 Å². The van der Waals surface area contributed by atoms with Gasteiger partial charge in [-0.05, 0) is 29.9 Å². The fourth-order valence-electron chi connectivity index (χ4n) is 2.91. The second-order valence-corrected chi connectivity index (χ2v) is 6.01. The molecule has 0 saturated carbocycles. The summed E-state index contributed by atoms with van der Waals surface area (Å²) in [5.41, 5.74) is 8.55. The van der Waals surface area contributed by atoms with Crippen LogP contribution in [0.1, 0.15) is 54.9 Å². The van der Waals surface area contributed by atoms with Gasteiger partial charge in [-0.25, -0.2) is 0 Å². The molecule has 4 nitrogen and oxygen atoms in total. The number of nitrogens with zero attached hydrogens (tertiary/aromatic N) is 2. The maximum atomic E-state index is 5.83. The summed E-state index contributed by atoms with van der Waals surface area (Å²) in [6.45, 7) is 4.92. The van der Waals surface area contributed by atoms with Crippen molar-refractivity contribution in [3.63, 3.8) is 0 Å². The smallest absolute Gasteiger partial charge is 0.231 e. The van der Waals surface area contributed by atoms with Gasteiger partial charge in [0.2, 0.25) is 5.89 Å². The average molecular weight is 271 g/mol. The van der Waals surface area contributed by atoms with E-state index < -0.39 is 0 Å². The Morgan fingerprint density at radius 3 is 2.85 bits per heavy atom. The molecule has 1 heterocycles. The first-order chi connectivity index (χ1) is 9.69. The fourth-order valence-corrected chi connectivity index (χ4v) is 2.91. The van der Waals surface area contributed by atoms with Gasteiger partial charge in [-0.3, -0.25) is 0 Å². The van der Waals surface area contributed by atoms with Crippen molar-refractivity contribution in [1.82, 2.24) is 10.1 Å². The van der Waals surface area contributed by atoms with Crippen LogP contribution in [0.15, 0.2) is 28.8 Å². The van der Waals surface area contributed by atoms with Crippen LogP contribution in [0.2, 0.25) is 0 Å². The van der Waals surface area contributed by atoms with Gasteiger partial charge in [0.15, 0.2) is 5.82 Å². The Morgan fingerprint density at radius 1 is 1.35 bits per heavy atom. The predicted octanol–water partition coefficient (Wildman–Crippen LogP) is 2.85. The van der Waals surface area contributed by atoms with E-state index in [-0.39, 0.29) is 5.92 Å². The Morgan fingerprint density at radius 2 is 2.15 bits per heavy atom. The third-order valence-corrected chi connectivity index (χ3v) is 4.01. The van der Waals surface area contributed by atoms with Crippen molar-refractivity contribution in [2.75, 3.05) is 6.54 Å². The molecule has 0 spiro atoms. The van der Waals surface area contributed by atoms with Gasteiger partial charge in [0.1, 0.15) is 0 Å². The van der Waals surface area contributed by atoms with Gasteiger partial charge < -0.3 is 10.3 Å². The first-order valence-electron chi connectivity index (χ1n) is 7.30. The molecular formula is C16H21N3O. The minimum absolute atomic E-state index is 0.173. The lowest BCUT2D eigenvalue weighted by atomic mass is 9.77. The van der Waals surface area contributed by atoms with Crippen molar-refractivity contribution >= 4 is 0 Å². The normalized spacial score (nSPS) is 18.7. The second-order valence-electron chi connectivity index (χ2n) is 6.01. The van der Waals surface area contributed by atoms with E-state index in [1.807, 2.05) is 0 Å². The second kappa shape index (κ2) is 5.37. The highest BCUT2D eigenvalue weighted by Crippen LogP contribution is 2.38. The van der Waals surface area contributed by atoms with Crippen LogP contribution in [0, 0.1) is 5.92 Å². The molecule has 2 unspecified atom stereocenters. The van der Waals surface area contributed by atoms with Gasteiger partial charge in [-0.1, -0.05) is 43.3 Å². The van der Waals surface area contributed by atoms with Crippen molar-refractivity contribution in [2.45, 2.75) is 38.5 Å². The van der Waals surface area contributed by atoms with E-state index >= 15 is 0 Å². The average Bonchev–Trinajstić information content (AvgIpc) is 2.86. The molecule has 0 radical (unpaired) electrons. The Balaban J connectivity index is 1.78. The highest BCUT2D eigenvalue weighted by molar-refractivity contribution is 5.43. The van der Waals surface area contributed by atoms with Gasteiger partial charge in [-0.2, -0.15) is 4.98 Å². The van der Waals surface area contributed by atoms with Crippen molar-refractivity contribution in [1.29, 1.82) is 0 Å². The van der Waals surface area contributed by atoms with E-state index in [4.69, 9.17) is 10.3 Å². The van der Waals surface area contributed by atoms with Gasteiger partial charge in [0, 0.05) is 6.54 Å². The summed E-state index contributed by atoms with van der Waals surface area (Å²) in [7, 11) is 0. The van der Waals surface area contributed by atoms with Crippen LogP contribution >= 0.6 is 0 Å². The lowest BCUT2D eigenvalue weighted by molar-refractivity contribution is 0.330. The minimum Gasteiger partial charge on any atom is -0.339 e. The molecule has 1 aromatic carbocycles. The zero-order chi connectivity index (χ0) is 14.1. The third-order valence-electron chi connectivity index (χ3n) is 4.01. The standard InChI is InChI=1S/C16H21N3O/c1-10(2)7-12(9-17)16-18-15(19-20-16)14-8-11-5-3-4-6-13(11)14/h3-6,10,12,14H,7-9,17H2,1-2H3. The SMILES string of the molecule is CC(C)CC(CN)c1nc(C2Cc3ccccc32)no1. The Kier molecular flexibility index (Phi) is 3.57. The summed E-state index contributed by atoms with van der Waals surface area (Å²) in [6.07, 6.45) is 1.99. The summed E-state index contributed by atoms with van der Waals surface area (Å²) in [4.78, 5) is 4.60. The largest absolute Gasteiger partial charge is 0.339 e. The van der Waals surface area contributed by atoms with E-state index in [0.717, 1.165) is 18.7 Å². The summed E-state index contributed by atoms with van der Waals surface area (Å²) in [5.74, 6) is 2.54. The van der Waals surface area contributed by atoms with E-state index in [9.17, 15) is 0 Å². The van der Waals surface area contributed by atoms with Crippen LogP contribution in [0.5, 0.6) is 0 Å². The van der Waals surface area contributed by atoms with Crippen LogP contribution in [-0.4, -0.2) is 16.7 Å². The molecule has 2 N–H and O–H groups in total. The van der Waals surface area contributed by atoms with Crippen molar-refractivity contribution in [2.24, 2.45) is 11.7 Å². The molecule has 0 bridgehead atoms. The van der Waals surface area contributed by atoms with Crippen molar-refractivity contribution < 1.29 is 4.52 Å². The number of nitrogens with two attached hydrogens (primary N) is 1. The molecule has 2 aromatic rings. The number of aromatic nitrogens is 2. The number of rotatable bonds is 5. The summed E-state index contributed by atoms with van der Waals surface area (Å²) < 4.78 is 5.45. The van der Waals surface area contributed by atoms with Crippen LogP contribution < -0.4 is 5.73 Å². The Hall–Kier alpha value is -1.68. The molecule has 1 aromatic heterocycles. The quantitative estimate of drug-likeness (QED) is 0.908. The minimum atomic E-state index is 0.173. The highest BCUT2D eigenvalue weighted by Gasteiger charge is 2.31. The Bertz CT molecular complexity index is 591. The van der Waals surface area contributed by atoms with E-state index in [0.29, 0.717) is 24.3 Å². The van der Waals surface area contributed by atoms with Crippen LogP contribution in [0.4, 0.5) is 0 Å². The lowest BCUT2D eigenvalue weighted by Crippen LogP contribution is -2.19. The summed E-state index contributed by atoms with van der Waals surface area (Å²) >= 11 is 0. The molecule has 1 aliphatic rings. The van der Waals surface area contributed by atoms with E-state index in [1.165, 1.54) is 11.1 Å². The molecule has 2 atom stereocenters. The number of hydrogen-bond donors (Lipinski definition) is 1. The predicted molar refractivity (Wildman–Crippen MR) is 77.5 cm³/mol. The molecule has 20 heavy (non-hydrogen) atoms. The highest BCUT2D eigenvalue weighted by atomic mass is 16.5. The fraction of sp³-hybridized carbons (Fsp3) is 0.500. The molecule has 0 saturated heterocycles.